The minimum absolute atomic E-state index is 0.0321. The number of carbonyl (C=O) groups is 2. The summed E-state index contributed by atoms with van der Waals surface area (Å²) in [6.07, 6.45) is 3.22. The molecule has 4 rings (SSSR count). The predicted octanol–water partition coefficient (Wildman–Crippen LogP) is 4.04. The van der Waals surface area contributed by atoms with Crippen LogP contribution in [-0.4, -0.2) is 28.4 Å². The number of nitrogens with one attached hydrogen (secondary N) is 2. The van der Waals surface area contributed by atoms with Gasteiger partial charge in [-0.05, 0) is 43.3 Å². The van der Waals surface area contributed by atoms with Gasteiger partial charge in [0.1, 0.15) is 12.4 Å². The van der Waals surface area contributed by atoms with E-state index in [0.29, 0.717) is 22.5 Å². The monoisotopic (exact) mass is 432 g/mol. The normalized spacial score (nSPS) is 15.7. The number of benzene rings is 2. The van der Waals surface area contributed by atoms with E-state index in [2.05, 4.69) is 17.2 Å². The molecule has 0 aliphatic carbocycles. The van der Waals surface area contributed by atoms with Gasteiger partial charge in [0.25, 0.3) is 0 Å². The molecule has 1 aromatic heterocycles. The van der Waals surface area contributed by atoms with Crippen LogP contribution in [0.2, 0.25) is 0 Å². The first-order chi connectivity index (χ1) is 15.5. The van der Waals surface area contributed by atoms with Crippen LogP contribution in [0.4, 0.5) is 9.18 Å². The number of amides is 2. The zero-order valence-corrected chi connectivity index (χ0v) is 17.3. The molecule has 32 heavy (non-hydrogen) atoms. The SMILES string of the molecule is C=CCOC(=O)C1=C(C)NC(=O)NC1c1cn(-c2ccccc2)nc1-c1ccc(F)cc1. The molecule has 2 heterocycles. The third kappa shape index (κ3) is 4.15. The number of para-hydroxylation sites is 1. The first-order valence-corrected chi connectivity index (χ1v) is 9.95. The quantitative estimate of drug-likeness (QED) is 0.455. The van der Waals surface area contributed by atoms with Crippen LogP contribution < -0.4 is 10.6 Å². The van der Waals surface area contributed by atoms with Crippen LogP contribution >= 0.6 is 0 Å². The van der Waals surface area contributed by atoms with Crippen LogP contribution in [0, 0.1) is 5.82 Å². The van der Waals surface area contributed by atoms with Crippen LogP contribution in [0.3, 0.4) is 0 Å². The van der Waals surface area contributed by atoms with Crippen LogP contribution in [0.1, 0.15) is 18.5 Å². The molecule has 0 bridgehead atoms. The number of allylic oxidation sites excluding steroid dienone is 1. The number of hydrogen-bond donors (Lipinski definition) is 2. The zero-order chi connectivity index (χ0) is 22.7. The summed E-state index contributed by atoms with van der Waals surface area (Å²) < 4.78 is 20.5. The lowest BCUT2D eigenvalue weighted by atomic mass is 9.94. The second-order valence-electron chi connectivity index (χ2n) is 7.18. The number of nitrogens with zero attached hydrogens (tertiary/aromatic N) is 2. The average Bonchev–Trinajstić information content (AvgIpc) is 3.23. The van der Waals surface area contributed by atoms with E-state index >= 15 is 0 Å². The van der Waals surface area contributed by atoms with E-state index in [4.69, 9.17) is 9.84 Å². The number of hydrogen-bond acceptors (Lipinski definition) is 4. The molecule has 7 nitrogen and oxygen atoms in total. The van der Waals surface area contributed by atoms with E-state index in [-0.39, 0.29) is 18.0 Å². The lowest BCUT2D eigenvalue weighted by Gasteiger charge is -2.27. The number of carbonyl (C=O) groups excluding carboxylic acids is 2. The molecule has 0 fully saturated rings. The van der Waals surface area contributed by atoms with Crippen LogP contribution in [0.25, 0.3) is 16.9 Å². The molecule has 0 saturated carbocycles. The van der Waals surface area contributed by atoms with Crippen LogP contribution in [0.5, 0.6) is 0 Å². The molecule has 0 saturated heterocycles. The molecular weight excluding hydrogens is 411 g/mol. The van der Waals surface area contributed by atoms with Crippen molar-refractivity contribution >= 4 is 12.0 Å². The smallest absolute Gasteiger partial charge is 0.338 e. The zero-order valence-electron chi connectivity index (χ0n) is 17.3. The Morgan fingerprint density at radius 1 is 1.22 bits per heavy atom. The standard InChI is InChI=1S/C24H21FN4O3/c1-3-13-32-23(30)20-15(2)26-24(31)27-22(20)19-14-29(18-7-5-4-6-8-18)28-21(19)16-9-11-17(25)12-10-16/h3-12,14,22H,1,13H2,2H3,(H2,26,27,31). The molecule has 0 radical (unpaired) electrons. The van der Waals surface area contributed by atoms with Gasteiger partial charge in [0.05, 0.1) is 23.0 Å². The highest BCUT2D eigenvalue weighted by atomic mass is 19.1. The van der Waals surface area contributed by atoms with Crippen molar-refractivity contribution in [3.05, 3.63) is 96.1 Å². The maximum Gasteiger partial charge on any atom is 0.338 e. The van der Waals surface area contributed by atoms with Crippen LogP contribution in [-0.2, 0) is 9.53 Å². The van der Waals surface area contributed by atoms with Crippen molar-refractivity contribution in [2.45, 2.75) is 13.0 Å². The van der Waals surface area contributed by atoms with E-state index in [1.807, 2.05) is 30.3 Å². The number of urea groups is 1. The Kier molecular flexibility index (Phi) is 5.85. The second-order valence-corrected chi connectivity index (χ2v) is 7.18. The molecule has 162 valence electrons. The van der Waals surface area contributed by atoms with Gasteiger partial charge in [0, 0.05) is 23.0 Å². The van der Waals surface area contributed by atoms with Gasteiger partial charge in [-0.3, -0.25) is 0 Å². The molecule has 2 amide bonds. The van der Waals surface area contributed by atoms with Gasteiger partial charge in [0.15, 0.2) is 0 Å². The largest absolute Gasteiger partial charge is 0.458 e. The highest BCUT2D eigenvalue weighted by Crippen LogP contribution is 2.35. The molecule has 2 aromatic carbocycles. The molecule has 1 unspecified atom stereocenters. The molecule has 1 aliphatic rings. The Morgan fingerprint density at radius 3 is 2.62 bits per heavy atom. The van der Waals surface area contributed by atoms with Crippen molar-refractivity contribution in [3.63, 3.8) is 0 Å². The Labute approximate surface area is 184 Å². The number of halogens is 1. The molecule has 8 heteroatoms. The second kappa shape index (κ2) is 8.89. The highest BCUT2D eigenvalue weighted by molar-refractivity contribution is 5.95. The molecular formula is C24H21FN4O3. The average molecular weight is 432 g/mol. The minimum Gasteiger partial charge on any atom is -0.458 e. The lowest BCUT2D eigenvalue weighted by molar-refractivity contribution is -0.138. The third-order valence-corrected chi connectivity index (χ3v) is 5.01. The molecule has 3 aromatic rings. The number of rotatable bonds is 6. The summed E-state index contributed by atoms with van der Waals surface area (Å²) in [5.74, 6) is -0.963. The first-order valence-electron chi connectivity index (χ1n) is 9.95. The fourth-order valence-corrected chi connectivity index (χ4v) is 3.55. The van der Waals surface area contributed by atoms with Gasteiger partial charge in [-0.2, -0.15) is 5.10 Å². The summed E-state index contributed by atoms with van der Waals surface area (Å²) in [6, 6.07) is 14.0. The van der Waals surface area contributed by atoms with Crippen molar-refractivity contribution in [1.82, 2.24) is 20.4 Å². The Bertz CT molecular complexity index is 1200. The minimum atomic E-state index is -0.821. The number of ether oxygens (including phenoxy) is 1. The van der Waals surface area contributed by atoms with Gasteiger partial charge in [-0.25, -0.2) is 18.7 Å². The van der Waals surface area contributed by atoms with E-state index < -0.39 is 18.0 Å². The number of aromatic nitrogens is 2. The molecule has 1 atom stereocenters. The molecule has 1 aliphatic heterocycles. The maximum atomic E-state index is 13.5. The summed E-state index contributed by atoms with van der Waals surface area (Å²) in [5, 5.41) is 10.1. The van der Waals surface area contributed by atoms with Crippen molar-refractivity contribution in [1.29, 1.82) is 0 Å². The Morgan fingerprint density at radius 2 is 1.94 bits per heavy atom. The third-order valence-electron chi connectivity index (χ3n) is 5.01. The Hall–Kier alpha value is -4.20. The molecule has 2 N–H and O–H groups in total. The van der Waals surface area contributed by atoms with Gasteiger partial charge < -0.3 is 15.4 Å². The van der Waals surface area contributed by atoms with Crippen LogP contribution in [0.15, 0.2) is 84.7 Å². The topological polar surface area (TPSA) is 85.2 Å². The Balaban J connectivity index is 1.88. The fraction of sp³-hybridized carbons (Fsp3) is 0.125. The van der Waals surface area contributed by atoms with Crippen molar-refractivity contribution in [2.75, 3.05) is 6.61 Å². The van der Waals surface area contributed by atoms with Crippen molar-refractivity contribution < 1.29 is 18.7 Å². The van der Waals surface area contributed by atoms with Gasteiger partial charge in [-0.15, -0.1) is 0 Å². The van der Waals surface area contributed by atoms with E-state index in [0.717, 1.165) is 5.69 Å². The maximum absolute atomic E-state index is 13.5. The van der Waals surface area contributed by atoms with Gasteiger partial charge in [-0.1, -0.05) is 30.9 Å². The summed E-state index contributed by atoms with van der Waals surface area (Å²) >= 11 is 0. The van der Waals surface area contributed by atoms with E-state index in [1.54, 1.807) is 29.9 Å². The summed E-state index contributed by atoms with van der Waals surface area (Å²) in [7, 11) is 0. The molecule has 0 spiro atoms. The lowest BCUT2D eigenvalue weighted by Crippen LogP contribution is -2.45. The summed E-state index contributed by atoms with van der Waals surface area (Å²) in [5.41, 5.74) is 3.13. The predicted molar refractivity (Wildman–Crippen MR) is 117 cm³/mol. The fourth-order valence-electron chi connectivity index (χ4n) is 3.55. The first kappa shape index (κ1) is 21.0. The van der Waals surface area contributed by atoms with Gasteiger partial charge in [0.2, 0.25) is 0 Å². The van der Waals surface area contributed by atoms with E-state index in [1.165, 1.54) is 18.2 Å². The summed E-state index contributed by atoms with van der Waals surface area (Å²) in [6.45, 7) is 5.23. The van der Waals surface area contributed by atoms with Crippen molar-refractivity contribution in [2.24, 2.45) is 0 Å². The van der Waals surface area contributed by atoms with Gasteiger partial charge >= 0.3 is 12.0 Å². The highest BCUT2D eigenvalue weighted by Gasteiger charge is 2.35. The number of esters is 1. The van der Waals surface area contributed by atoms with E-state index in [9.17, 15) is 14.0 Å². The summed E-state index contributed by atoms with van der Waals surface area (Å²) in [4.78, 5) is 25.1. The van der Waals surface area contributed by atoms with Crippen molar-refractivity contribution in [3.8, 4) is 16.9 Å².